The molecule has 0 N–H and O–H groups in total. The van der Waals surface area contributed by atoms with Crippen molar-refractivity contribution < 1.29 is 14.0 Å². The number of hydrogen-bond acceptors (Lipinski definition) is 4. The summed E-state index contributed by atoms with van der Waals surface area (Å²) in [6.45, 7) is 11.6. The first-order valence-electron chi connectivity index (χ1n) is 9.00. The van der Waals surface area contributed by atoms with Gasteiger partial charge in [0.25, 0.3) is 0 Å². The van der Waals surface area contributed by atoms with E-state index in [1.807, 2.05) is 7.11 Å². The van der Waals surface area contributed by atoms with Crippen molar-refractivity contribution in [2.75, 3.05) is 20.2 Å². The minimum atomic E-state index is -0.290. The van der Waals surface area contributed by atoms with Crippen molar-refractivity contribution in [3.05, 3.63) is 29.8 Å². The second-order valence-electron chi connectivity index (χ2n) is 8.04. The predicted octanol–water partition coefficient (Wildman–Crippen LogP) is 2.60. The van der Waals surface area contributed by atoms with Crippen LogP contribution in [0, 0.1) is 0 Å². The fourth-order valence-electron chi connectivity index (χ4n) is 3.32. The third-order valence-corrected chi connectivity index (χ3v) is 5.78. The van der Waals surface area contributed by atoms with Gasteiger partial charge in [0.15, 0.2) is 0 Å². The van der Waals surface area contributed by atoms with E-state index in [-0.39, 0.29) is 18.3 Å². The van der Waals surface area contributed by atoms with Crippen LogP contribution >= 0.6 is 0 Å². The van der Waals surface area contributed by atoms with E-state index in [9.17, 15) is 0 Å². The number of hydrogen-bond donors (Lipinski definition) is 0. The lowest BCUT2D eigenvalue weighted by Gasteiger charge is -2.32. The highest BCUT2D eigenvalue weighted by Gasteiger charge is 2.51. The zero-order chi connectivity index (χ0) is 17.4. The SMILES string of the molecule is COC1CCN(Cc2ccc(B3OC(C)(C)C(C)(C)O3)cc2)CC1. The molecule has 2 fully saturated rings. The van der Waals surface area contributed by atoms with E-state index >= 15 is 0 Å². The summed E-state index contributed by atoms with van der Waals surface area (Å²) in [4.78, 5) is 2.50. The van der Waals surface area contributed by atoms with Gasteiger partial charge in [0.05, 0.1) is 17.3 Å². The summed E-state index contributed by atoms with van der Waals surface area (Å²) < 4.78 is 17.7. The smallest absolute Gasteiger partial charge is 0.399 e. The Kier molecular flexibility index (Phi) is 5.08. The molecule has 2 saturated heterocycles. The lowest BCUT2D eigenvalue weighted by Crippen LogP contribution is -2.41. The Morgan fingerprint density at radius 2 is 1.58 bits per heavy atom. The van der Waals surface area contributed by atoms with Crippen LogP contribution in [0.15, 0.2) is 24.3 Å². The Balaban J connectivity index is 1.59. The van der Waals surface area contributed by atoms with Crippen LogP contribution in [-0.4, -0.2) is 49.5 Å². The van der Waals surface area contributed by atoms with Gasteiger partial charge < -0.3 is 14.0 Å². The molecule has 0 bridgehead atoms. The molecule has 0 radical (unpaired) electrons. The molecule has 3 rings (SSSR count). The Bertz CT molecular complexity index is 534. The minimum Gasteiger partial charge on any atom is -0.399 e. The van der Waals surface area contributed by atoms with Gasteiger partial charge in [-0.25, -0.2) is 0 Å². The Hall–Kier alpha value is -0.875. The first kappa shape index (κ1) is 17.9. The molecule has 0 amide bonds. The van der Waals surface area contributed by atoms with E-state index in [1.54, 1.807) is 0 Å². The van der Waals surface area contributed by atoms with Crippen LogP contribution in [-0.2, 0) is 20.6 Å². The molecule has 0 aliphatic carbocycles. The molecule has 2 aliphatic rings. The lowest BCUT2D eigenvalue weighted by atomic mass is 9.79. The highest BCUT2D eigenvalue weighted by atomic mass is 16.7. The molecule has 4 nitrogen and oxygen atoms in total. The first-order chi connectivity index (χ1) is 11.3. The van der Waals surface area contributed by atoms with Crippen molar-refractivity contribution in [1.82, 2.24) is 4.90 Å². The monoisotopic (exact) mass is 331 g/mol. The van der Waals surface area contributed by atoms with Crippen molar-refractivity contribution in [1.29, 1.82) is 0 Å². The zero-order valence-corrected chi connectivity index (χ0v) is 15.7. The zero-order valence-electron chi connectivity index (χ0n) is 15.7. The fraction of sp³-hybridized carbons (Fsp3) is 0.684. The average molecular weight is 331 g/mol. The molecule has 132 valence electrons. The highest BCUT2D eigenvalue weighted by Crippen LogP contribution is 2.36. The van der Waals surface area contributed by atoms with E-state index in [0.29, 0.717) is 6.10 Å². The van der Waals surface area contributed by atoms with Crippen LogP contribution in [0.4, 0.5) is 0 Å². The standard InChI is InChI=1S/C19H30BNO3/c1-18(2)19(3,4)24-20(23-18)16-8-6-15(7-9-16)14-21-12-10-17(22-5)11-13-21/h6-9,17H,10-14H2,1-5H3. The Labute approximate surface area is 146 Å². The summed E-state index contributed by atoms with van der Waals surface area (Å²) >= 11 is 0. The van der Waals surface area contributed by atoms with E-state index in [4.69, 9.17) is 14.0 Å². The summed E-state index contributed by atoms with van der Waals surface area (Å²) in [5.74, 6) is 0. The van der Waals surface area contributed by atoms with Crippen molar-refractivity contribution in [2.45, 2.75) is 64.4 Å². The normalized spacial score (nSPS) is 24.5. The third kappa shape index (κ3) is 3.69. The van der Waals surface area contributed by atoms with Gasteiger partial charge in [0.1, 0.15) is 0 Å². The molecule has 2 heterocycles. The Morgan fingerprint density at radius 1 is 1.04 bits per heavy atom. The molecule has 1 aromatic carbocycles. The third-order valence-electron chi connectivity index (χ3n) is 5.78. The van der Waals surface area contributed by atoms with Gasteiger partial charge >= 0.3 is 7.12 Å². The molecule has 0 aromatic heterocycles. The molecule has 24 heavy (non-hydrogen) atoms. The largest absolute Gasteiger partial charge is 0.494 e. The molecule has 0 atom stereocenters. The molecule has 0 saturated carbocycles. The maximum absolute atomic E-state index is 6.12. The van der Waals surface area contributed by atoms with Crippen molar-refractivity contribution in [2.24, 2.45) is 0 Å². The number of likely N-dealkylation sites (tertiary alicyclic amines) is 1. The number of nitrogens with zero attached hydrogens (tertiary/aromatic N) is 1. The molecule has 1 aromatic rings. The van der Waals surface area contributed by atoms with Gasteiger partial charge in [-0.15, -0.1) is 0 Å². The van der Waals surface area contributed by atoms with Gasteiger partial charge in [-0.05, 0) is 51.6 Å². The second kappa shape index (κ2) is 6.79. The minimum absolute atomic E-state index is 0.276. The van der Waals surface area contributed by atoms with E-state index in [0.717, 1.165) is 37.9 Å². The number of methoxy groups -OCH3 is 1. The number of rotatable bonds is 4. The van der Waals surface area contributed by atoms with Gasteiger partial charge in [-0.3, -0.25) is 4.90 Å². The molecule has 2 aliphatic heterocycles. The van der Waals surface area contributed by atoms with Crippen molar-refractivity contribution in [3.63, 3.8) is 0 Å². The van der Waals surface area contributed by atoms with Crippen LogP contribution in [0.1, 0.15) is 46.1 Å². The van der Waals surface area contributed by atoms with Gasteiger partial charge in [-0.1, -0.05) is 24.3 Å². The van der Waals surface area contributed by atoms with Crippen LogP contribution in [0.25, 0.3) is 0 Å². The topological polar surface area (TPSA) is 30.9 Å². The van der Waals surface area contributed by atoms with Crippen molar-refractivity contribution >= 4 is 12.6 Å². The quantitative estimate of drug-likeness (QED) is 0.794. The average Bonchev–Trinajstić information content (AvgIpc) is 2.77. The predicted molar refractivity (Wildman–Crippen MR) is 97.5 cm³/mol. The number of ether oxygens (including phenoxy) is 1. The maximum Gasteiger partial charge on any atom is 0.494 e. The van der Waals surface area contributed by atoms with Gasteiger partial charge in [0, 0.05) is 26.7 Å². The maximum atomic E-state index is 6.12. The molecular formula is C19H30BNO3. The number of benzene rings is 1. The second-order valence-corrected chi connectivity index (χ2v) is 8.04. The summed E-state index contributed by atoms with van der Waals surface area (Å²) in [5.41, 5.74) is 1.85. The van der Waals surface area contributed by atoms with Crippen LogP contribution in [0.3, 0.4) is 0 Å². The van der Waals surface area contributed by atoms with Crippen LogP contribution in [0.2, 0.25) is 0 Å². The molecular weight excluding hydrogens is 301 g/mol. The number of piperidine rings is 1. The van der Waals surface area contributed by atoms with Gasteiger partial charge in [0.2, 0.25) is 0 Å². The summed E-state index contributed by atoms with van der Waals surface area (Å²) in [6.07, 6.45) is 2.69. The van der Waals surface area contributed by atoms with E-state index < -0.39 is 0 Å². The highest BCUT2D eigenvalue weighted by molar-refractivity contribution is 6.62. The fourth-order valence-corrected chi connectivity index (χ4v) is 3.32. The van der Waals surface area contributed by atoms with E-state index in [1.165, 1.54) is 5.56 Å². The Morgan fingerprint density at radius 3 is 2.08 bits per heavy atom. The van der Waals surface area contributed by atoms with E-state index in [2.05, 4.69) is 56.9 Å². The molecule has 5 heteroatoms. The first-order valence-corrected chi connectivity index (χ1v) is 9.00. The lowest BCUT2D eigenvalue weighted by molar-refractivity contribution is 0.00578. The summed E-state index contributed by atoms with van der Waals surface area (Å²) in [5, 5.41) is 0. The van der Waals surface area contributed by atoms with Gasteiger partial charge in [-0.2, -0.15) is 0 Å². The molecule has 0 spiro atoms. The van der Waals surface area contributed by atoms with Crippen LogP contribution < -0.4 is 5.46 Å². The van der Waals surface area contributed by atoms with Crippen LogP contribution in [0.5, 0.6) is 0 Å². The van der Waals surface area contributed by atoms with Crippen molar-refractivity contribution in [3.8, 4) is 0 Å². The summed E-state index contributed by atoms with van der Waals surface area (Å²) in [7, 11) is 1.54. The summed E-state index contributed by atoms with van der Waals surface area (Å²) in [6, 6.07) is 8.67. The molecule has 0 unspecified atom stereocenters.